The highest BCUT2D eigenvalue weighted by molar-refractivity contribution is 5.98. The summed E-state index contributed by atoms with van der Waals surface area (Å²) < 4.78 is 5.44. The number of carbonyl (C=O) groups excluding carboxylic acids is 2. The summed E-state index contributed by atoms with van der Waals surface area (Å²) in [5.74, 6) is 0.399. The van der Waals surface area contributed by atoms with Crippen molar-refractivity contribution in [1.29, 1.82) is 0 Å². The van der Waals surface area contributed by atoms with Crippen molar-refractivity contribution in [3.63, 3.8) is 0 Å². The maximum Gasteiger partial charge on any atom is 0.251 e. The van der Waals surface area contributed by atoms with Crippen molar-refractivity contribution in [2.75, 3.05) is 19.7 Å². The molecule has 33 heavy (non-hydrogen) atoms. The number of H-pyrrole nitrogens is 1. The van der Waals surface area contributed by atoms with Crippen molar-refractivity contribution < 1.29 is 14.3 Å². The topological polar surface area (TPSA) is 74.4 Å². The lowest BCUT2D eigenvalue weighted by Crippen LogP contribution is -2.52. The van der Waals surface area contributed by atoms with Gasteiger partial charge in [-0.1, -0.05) is 38.1 Å². The fraction of sp³-hybridized carbons (Fsp3) is 0.333. The molecular formula is C27H31N3O3. The molecule has 0 unspecified atom stereocenters. The van der Waals surface area contributed by atoms with E-state index in [0.29, 0.717) is 25.3 Å². The van der Waals surface area contributed by atoms with E-state index in [2.05, 4.69) is 28.5 Å². The highest BCUT2D eigenvalue weighted by Gasteiger charge is 2.30. The third-order valence-corrected chi connectivity index (χ3v) is 6.10. The Hall–Kier alpha value is -3.54. The number of ether oxygens (including phenoxy) is 1. The number of para-hydroxylation sites is 1. The molecule has 1 aromatic heterocycles. The Kier molecular flexibility index (Phi) is 6.82. The number of fused-ring (bicyclic) bond motifs is 1. The van der Waals surface area contributed by atoms with Crippen LogP contribution in [0.15, 0.2) is 60.8 Å². The highest BCUT2D eigenvalue weighted by Crippen LogP contribution is 2.29. The first-order valence-electron chi connectivity index (χ1n) is 11.6. The lowest BCUT2D eigenvalue weighted by Gasteiger charge is -2.32. The number of nitrogens with zero attached hydrogens (tertiary/aromatic N) is 1. The van der Waals surface area contributed by atoms with Gasteiger partial charge in [-0.05, 0) is 55.2 Å². The van der Waals surface area contributed by atoms with E-state index >= 15 is 0 Å². The summed E-state index contributed by atoms with van der Waals surface area (Å²) in [7, 11) is 0. The number of benzene rings is 2. The molecule has 0 saturated heterocycles. The summed E-state index contributed by atoms with van der Waals surface area (Å²) in [4.78, 5) is 31.3. The van der Waals surface area contributed by atoms with E-state index in [-0.39, 0.29) is 17.7 Å². The van der Waals surface area contributed by atoms with Crippen LogP contribution in [0.2, 0.25) is 0 Å². The maximum atomic E-state index is 13.3. The quantitative estimate of drug-likeness (QED) is 0.557. The number of carbonyl (C=O) groups is 2. The Labute approximate surface area is 194 Å². The van der Waals surface area contributed by atoms with Crippen LogP contribution >= 0.6 is 0 Å². The molecule has 2 amide bonds. The average Bonchev–Trinajstić information content (AvgIpc) is 3.27. The number of nitrogens with one attached hydrogen (secondary N) is 2. The van der Waals surface area contributed by atoms with E-state index in [1.165, 1.54) is 16.5 Å². The molecular weight excluding hydrogens is 414 g/mol. The molecule has 3 aromatic rings. The summed E-state index contributed by atoms with van der Waals surface area (Å²) in [5, 5.41) is 4.15. The van der Waals surface area contributed by atoms with Crippen molar-refractivity contribution in [3.05, 3.63) is 71.9 Å². The van der Waals surface area contributed by atoms with Gasteiger partial charge in [0.05, 0.1) is 6.61 Å². The van der Waals surface area contributed by atoms with Crippen LogP contribution in [-0.2, 0) is 4.79 Å². The molecule has 1 aliphatic heterocycles. The predicted molar refractivity (Wildman–Crippen MR) is 131 cm³/mol. The van der Waals surface area contributed by atoms with Gasteiger partial charge < -0.3 is 19.9 Å². The van der Waals surface area contributed by atoms with E-state index in [1.54, 1.807) is 24.3 Å². The van der Waals surface area contributed by atoms with Crippen molar-refractivity contribution in [2.45, 2.75) is 33.2 Å². The second-order valence-corrected chi connectivity index (χ2v) is 8.66. The first kappa shape index (κ1) is 22.6. The van der Waals surface area contributed by atoms with Crippen LogP contribution in [0, 0.1) is 5.92 Å². The molecule has 0 fully saturated rings. The van der Waals surface area contributed by atoms with Crippen molar-refractivity contribution in [3.8, 4) is 5.75 Å². The molecule has 4 rings (SSSR count). The van der Waals surface area contributed by atoms with Gasteiger partial charge in [-0.25, -0.2) is 0 Å². The van der Waals surface area contributed by atoms with Gasteiger partial charge in [-0.15, -0.1) is 0 Å². The number of hydrogen-bond donors (Lipinski definition) is 2. The molecule has 2 heterocycles. The van der Waals surface area contributed by atoms with E-state index in [0.717, 1.165) is 17.7 Å². The first-order valence-corrected chi connectivity index (χ1v) is 11.6. The third kappa shape index (κ3) is 4.95. The Morgan fingerprint density at radius 1 is 1.12 bits per heavy atom. The first-order chi connectivity index (χ1) is 16.0. The number of hydrogen-bond acceptors (Lipinski definition) is 3. The van der Waals surface area contributed by atoms with Gasteiger partial charge in [0.1, 0.15) is 11.8 Å². The molecule has 6 heteroatoms. The van der Waals surface area contributed by atoms with Gasteiger partial charge in [-0.2, -0.15) is 0 Å². The molecule has 0 spiro atoms. The largest absolute Gasteiger partial charge is 0.494 e. The van der Waals surface area contributed by atoms with Gasteiger partial charge in [0.25, 0.3) is 5.91 Å². The Balaban J connectivity index is 1.43. The molecule has 6 nitrogen and oxygen atoms in total. The normalized spacial score (nSPS) is 14.8. The van der Waals surface area contributed by atoms with Crippen LogP contribution in [0.4, 0.5) is 0 Å². The minimum absolute atomic E-state index is 0.0249. The molecule has 0 bridgehead atoms. The molecule has 0 aliphatic carbocycles. The van der Waals surface area contributed by atoms with Gasteiger partial charge in [-0.3, -0.25) is 9.59 Å². The van der Waals surface area contributed by atoms with Crippen LogP contribution in [0.1, 0.15) is 43.1 Å². The zero-order valence-electron chi connectivity index (χ0n) is 19.4. The lowest BCUT2D eigenvalue weighted by atomic mass is 9.97. The molecule has 1 atom stereocenters. The van der Waals surface area contributed by atoms with Crippen LogP contribution in [0.5, 0.6) is 5.75 Å². The second kappa shape index (κ2) is 9.94. The molecule has 0 radical (unpaired) electrons. The Morgan fingerprint density at radius 2 is 1.88 bits per heavy atom. The zero-order valence-corrected chi connectivity index (χ0v) is 19.4. The number of rotatable bonds is 7. The summed E-state index contributed by atoms with van der Waals surface area (Å²) in [6, 6.07) is 14.7. The number of aromatic amines is 1. The van der Waals surface area contributed by atoms with Crippen LogP contribution in [0.25, 0.3) is 16.5 Å². The summed E-state index contributed by atoms with van der Waals surface area (Å²) in [5.41, 5.74) is 4.07. The molecule has 2 aromatic carbocycles. The van der Waals surface area contributed by atoms with Crippen molar-refractivity contribution in [2.24, 2.45) is 5.92 Å². The summed E-state index contributed by atoms with van der Waals surface area (Å²) in [6.45, 7) is 7.57. The fourth-order valence-electron chi connectivity index (χ4n) is 4.26. The standard InChI is InChI=1S/C27H31N3O3/c1-4-33-21-11-9-20(10-12-21)26(31)29-25(18(2)3)27(32)30-15-13-19(14-16-30)23-17-28-24-8-6-5-7-22(23)24/h5-13,17-18,25,28H,4,14-16H2,1-3H3,(H,29,31)/t25-/m1/s1. The van der Waals surface area contributed by atoms with Crippen molar-refractivity contribution in [1.82, 2.24) is 15.2 Å². The minimum Gasteiger partial charge on any atom is -0.494 e. The van der Waals surface area contributed by atoms with E-state index < -0.39 is 6.04 Å². The smallest absolute Gasteiger partial charge is 0.251 e. The maximum absolute atomic E-state index is 13.3. The Morgan fingerprint density at radius 3 is 2.55 bits per heavy atom. The minimum atomic E-state index is -0.577. The van der Waals surface area contributed by atoms with E-state index in [4.69, 9.17) is 4.74 Å². The molecule has 2 N–H and O–H groups in total. The number of amides is 2. The second-order valence-electron chi connectivity index (χ2n) is 8.66. The average molecular weight is 446 g/mol. The zero-order chi connectivity index (χ0) is 23.4. The van der Waals surface area contributed by atoms with Gasteiger partial charge in [0, 0.05) is 41.3 Å². The molecule has 1 aliphatic rings. The highest BCUT2D eigenvalue weighted by atomic mass is 16.5. The predicted octanol–water partition coefficient (Wildman–Crippen LogP) is 4.64. The summed E-state index contributed by atoms with van der Waals surface area (Å²) >= 11 is 0. The third-order valence-electron chi connectivity index (χ3n) is 6.10. The van der Waals surface area contributed by atoms with Gasteiger partial charge >= 0.3 is 0 Å². The van der Waals surface area contributed by atoms with E-state index in [9.17, 15) is 9.59 Å². The Bertz CT molecular complexity index is 1160. The fourth-order valence-corrected chi connectivity index (χ4v) is 4.26. The van der Waals surface area contributed by atoms with Gasteiger partial charge in [0.15, 0.2) is 0 Å². The van der Waals surface area contributed by atoms with Crippen LogP contribution < -0.4 is 10.1 Å². The number of aromatic nitrogens is 1. The van der Waals surface area contributed by atoms with E-state index in [1.807, 2.05) is 44.0 Å². The monoisotopic (exact) mass is 445 g/mol. The molecule has 172 valence electrons. The summed E-state index contributed by atoms with van der Waals surface area (Å²) in [6.07, 6.45) is 4.95. The van der Waals surface area contributed by atoms with Gasteiger partial charge in [0.2, 0.25) is 5.91 Å². The molecule has 0 saturated carbocycles. The van der Waals surface area contributed by atoms with Crippen LogP contribution in [0.3, 0.4) is 0 Å². The van der Waals surface area contributed by atoms with Crippen LogP contribution in [-0.4, -0.2) is 47.4 Å². The lowest BCUT2D eigenvalue weighted by molar-refractivity contribution is -0.133. The van der Waals surface area contributed by atoms with Crippen molar-refractivity contribution >= 4 is 28.3 Å². The SMILES string of the molecule is CCOc1ccc(C(=O)N[C@@H](C(=O)N2CC=C(c3c[nH]c4ccccc34)CC2)C(C)C)cc1.